The summed E-state index contributed by atoms with van der Waals surface area (Å²) in [5.41, 5.74) is 4.05. The summed E-state index contributed by atoms with van der Waals surface area (Å²) in [5, 5.41) is 4.81. The molecule has 0 aliphatic heterocycles. The average Bonchev–Trinajstić information content (AvgIpc) is 3.27. The third-order valence-electron chi connectivity index (χ3n) is 5.66. The fourth-order valence-electron chi connectivity index (χ4n) is 4.00. The van der Waals surface area contributed by atoms with Gasteiger partial charge in [0.2, 0.25) is 0 Å². The SMILES string of the molecule is COC(=O)C=Cc1cc(-c2ccc(OCc3ccccc3)cc2)n(C2CCCCC2)n1. The highest BCUT2D eigenvalue weighted by molar-refractivity contribution is 5.86. The van der Waals surface area contributed by atoms with Crippen molar-refractivity contribution in [1.29, 1.82) is 0 Å². The predicted molar refractivity (Wildman–Crippen MR) is 122 cm³/mol. The summed E-state index contributed by atoms with van der Waals surface area (Å²) in [6, 6.07) is 20.7. The van der Waals surface area contributed by atoms with Gasteiger partial charge in [-0.2, -0.15) is 5.10 Å². The lowest BCUT2D eigenvalue weighted by molar-refractivity contribution is -0.134. The fourth-order valence-corrected chi connectivity index (χ4v) is 4.00. The van der Waals surface area contributed by atoms with E-state index in [2.05, 4.69) is 28.9 Å². The number of nitrogens with zero attached hydrogens (tertiary/aromatic N) is 2. The van der Waals surface area contributed by atoms with Crippen molar-refractivity contribution in [1.82, 2.24) is 9.78 Å². The van der Waals surface area contributed by atoms with Crippen LogP contribution in [0.4, 0.5) is 0 Å². The Morgan fingerprint density at radius 1 is 1.06 bits per heavy atom. The van der Waals surface area contributed by atoms with Gasteiger partial charge in [0.25, 0.3) is 0 Å². The molecule has 1 aromatic heterocycles. The summed E-state index contributed by atoms with van der Waals surface area (Å²) in [6.45, 7) is 0.544. The van der Waals surface area contributed by atoms with Gasteiger partial charge in [0.15, 0.2) is 0 Å². The van der Waals surface area contributed by atoms with Crippen molar-refractivity contribution in [3.05, 3.63) is 78.0 Å². The first kappa shape index (κ1) is 20.9. The molecule has 1 aliphatic carbocycles. The van der Waals surface area contributed by atoms with E-state index in [1.807, 2.05) is 36.4 Å². The largest absolute Gasteiger partial charge is 0.489 e. The van der Waals surface area contributed by atoms with Gasteiger partial charge in [-0.3, -0.25) is 4.68 Å². The Balaban J connectivity index is 1.55. The van der Waals surface area contributed by atoms with Crippen molar-refractivity contribution in [2.45, 2.75) is 44.8 Å². The predicted octanol–water partition coefficient (Wildman–Crippen LogP) is 5.82. The number of esters is 1. The van der Waals surface area contributed by atoms with Crippen molar-refractivity contribution in [3.8, 4) is 17.0 Å². The van der Waals surface area contributed by atoms with E-state index in [-0.39, 0.29) is 5.97 Å². The van der Waals surface area contributed by atoms with E-state index in [1.165, 1.54) is 32.4 Å². The first-order valence-corrected chi connectivity index (χ1v) is 10.9. The Bertz CT molecular complexity index is 1020. The Labute approximate surface area is 183 Å². The minimum Gasteiger partial charge on any atom is -0.489 e. The summed E-state index contributed by atoms with van der Waals surface area (Å²) < 4.78 is 12.8. The molecule has 0 atom stereocenters. The summed E-state index contributed by atoms with van der Waals surface area (Å²) in [4.78, 5) is 11.5. The second-order valence-corrected chi connectivity index (χ2v) is 7.85. The monoisotopic (exact) mass is 416 g/mol. The average molecular weight is 417 g/mol. The number of carbonyl (C=O) groups excluding carboxylic acids is 1. The van der Waals surface area contributed by atoms with Crippen LogP contribution in [0.1, 0.15) is 49.4 Å². The molecule has 0 radical (unpaired) electrons. The molecule has 1 heterocycles. The van der Waals surface area contributed by atoms with Crippen LogP contribution in [-0.4, -0.2) is 22.9 Å². The van der Waals surface area contributed by atoms with Crippen LogP contribution >= 0.6 is 0 Å². The molecule has 31 heavy (non-hydrogen) atoms. The van der Waals surface area contributed by atoms with E-state index in [4.69, 9.17) is 14.6 Å². The number of ether oxygens (including phenoxy) is 2. The maximum atomic E-state index is 11.5. The highest BCUT2D eigenvalue weighted by Crippen LogP contribution is 2.33. The van der Waals surface area contributed by atoms with Gasteiger partial charge in [0.05, 0.1) is 24.5 Å². The molecular weight excluding hydrogens is 388 g/mol. The molecule has 3 aromatic rings. The smallest absolute Gasteiger partial charge is 0.330 e. The lowest BCUT2D eigenvalue weighted by Gasteiger charge is -2.24. The fraction of sp³-hybridized carbons (Fsp3) is 0.308. The van der Waals surface area contributed by atoms with E-state index >= 15 is 0 Å². The van der Waals surface area contributed by atoms with Crippen LogP contribution in [0.15, 0.2) is 66.7 Å². The number of benzene rings is 2. The van der Waals surface area contributed by atoms with Crippen LogP contribution < -0.4 is 4.74 Å². The zero-order chi connectivity index (χ0) is 21.5. The second kappa shape index (κ2) is 10.1. The third kappa shape index (κ3) is 5.43. The van der Waals surface area contributed by atoms with Crippen LogP contribution in [0.2, 0.25) is 0 Å². The van der Waals surface area contributed by atoms with Crippen molar-refractivity contribution in [3.63, 3.8) is 0 Å². The van der Waals surface area contributed by atoms with E-state index in [0.717, 1.165) is 41.1 Å². The van der Waals surface area contributed by atoms with Gasteiger partial charge in [-0.1, -0.05) is 49.6 Å². The molecule has 0 saturated heterocycles. The molecule has 0 spiro atoms. The van der Waals surface area contributed by atoms with Gasteiger partial charge in [-0.05, 0) is 54.8 Å². The van der Waals surface area contributed by atoms with Crippen LogP contribution in [0, 0.1) is 0 Å². The molecule has 0 N–H and O–H groups in total. The lowest BCUT2D eigenvalue weighted by atomic mass is 9.95. The Morgan fingerprint density at radius 3 is 2.52 bits per heavy atom. The van der Waals surface area contributed by atoms with Gasteiger partial charge < -0.3 is 9.47 Å². The maximum absolute atomic E-state index is 11.5. The Kier molecular flexibility index (Phi) is 6.82. The molecule has 160 valence electrons. The van der Waals surface area contributed by atoms with E-state index in [9.17, 15) is 4.79 Å². The molecule has 4 rings (SSSR count). The van der Waals surface area contributed by atoms with Gasteiger partial charge in [-0.15, -0.1) is 0 Å². The number of hydrogen-bond acceptors (Lipinski definition) is 4. The molecule has 5 nitrogen and oxygen atoms in total. The summed E-state index contributed by atoms with van der Waals surface area (Å²) in [6.07, 6.45) is 9.13. The van der Waals surface area contributed by atoms with Crippen molar-refractivity contribution in [2.75, 3.05) is 7.11 Å². The van der Waals surface area contributed by atoms with Crippen LogP contribution in [0.5, 0.6) is 5.75 Å². The minimum atomic E-state index is -0.381. The van der Waals surface area contributed by atoms with Gasteiger partial charge >= 0.3 is 5.97 Å². The summed E-state index contributed by atoms with van der Waals surface area (Å²) >= 11 is 0. The zero-order valence-corrected chi connectivity index (χ0v) is 17.9. The molecule has 1 saturated carbocycles. The third-order valence-corrected chi connectivity index (χ3v) is 5.66. The Morgan fingerprint density at radius 2 is 1.81 bits per heavy atom. The molecule has 0 amide bonds. The maximum Gasteiger partial charge on any atom is 0.330 e. The van der Waals surface area contributed by atoms with Gasteiger partial charge in [0, 0.05) is 11.6 Å². The highest BCUT2D eigenvalue weighted by atomic mass is 16.5. The summed E-state index contributed by atoms with van der Waals surface area (Å²) in [5.74, 6) is 0.454. The van der Waals surface area contributed by atoms with Crippen LogP contribution in [-0.2, 0) is 16.1 Å². The number of carbonyl (C=O) groups is 1. The first-order chi connectivity index (χ1) is 15.2. The van der Waals surface area contributed by atoms with E-state index in [0.29, 0.717) is 12.6 Å². The minimum absolute atomic E-state index is 0.381. The molecule has 0 unspecified atom stereocenters. The quantitative estimate of drug-likeness (QED) is 0.360. The van der Waals surface area contributed by atoms with Gasteiger partial charge in [0.1, 0.15) is 12.4 Å². The molecule has 0 bridgehead atoms. The van der Waals surface area contributed by atoms with Crippen LogP contribution in [0.3, 0.4) is 0 Å². The molecule has 1 fully saturated rings. The van der Waals surface area contributed by atoms with Crippen LogP contribution in [0.25, 0.3) is 17.3 Å². The van der Waals surface area contributed by atoms with Gasteiger partial charge in [-0.25, -0.2) is 4.79 Å². The normalized spacial score (nSPS) is 14.6. The Hall–Kier alpha value is -3.34. The lowest BCUT2D eigenvalue weighted by Crippen LogP contribution is -2.15. The van der Waals surface area contributed by atoms with Crippen molar-refractivity contribution >= 4 is 12.0 Å². The first-order valence-electron chi connectivity index (χ1n) is 10.9. The summed E-state index contributed by atoms with van der Waals surface area (Å²) in [7, 11) is 1.38. The van der Waals surface area contributed by atoms with Crippen molar-refractivity contribution < 1.29 is 14.3 Å². The second-order valence-electron chi connectivity index (χ2n) is 7.85. The molecule has 1 aliphatic rings. The highest BCUT2D eigenvalue weighted by Gasteiger charge is 2.20. The van der Waals surface area contributed by atoms with E-state index in [1.54, 1.807) is 6.08 Å². The standard InChI is InChI=1S/C26H28N2O3/c1-30-26(29)17-14-22-18-25(28(27-22)23-10-6-3-7-11-23)21-12-15-24(16-13-21)31-19-20-8-4-2-5-9-20/h2,4-5,8-9,12-18,23H,3,6-7,10-11,19H2,1H3. The van der Waals surface area contributed by atoms with E-state index < -0.39 is 0 Å². The number of rotatable bonds is 7. The number of hydrogen-bond donors (Lipinski definition) is 0. The topological polar surface area (TPSA) is 53.4 Å². The molecule has 5 heteroatoms. The number of methoxy groups -OCH3 is 1. The molecule has 2 aromatic carbocycles. The number of aromatic nitrogens is 2. The molecular formula is C26H28N2O3. The zero-order valence-electron chi connectivity index (χ0n) is 17.9. The van der Waals surface area contributed by atoms with Crippen molar-refractivity contribution in [2.24, 2.45) is 0 Å².